The van der Waals surface area contributed by atoms with Crippen molar-refractivity contribution in [1.29, 1.82) is 0 Å². The molecule has 1 saturated carbocycles. The Hall–Kier alpha value is -3.22. The number of hydrogen-bond donors (Lipinski definition) is 2. The van der Waals surface area contributed by atoms with Crippen molar-refractivity contribution in [2.24, 2.45) is 5.41 Å². The summed E-state index contributed by atoms with van der Waals surface area (Å²) in [7, 11) is -4.16. The third-order valence-corrected chi connectivity index (χ3v) is 12.6. The van der Waals surface area contributed by atoms with Crippen molar-refractivity contribution >= 4 is 52.3 Å². The number of carbonyl (C=O) groups excluding carboxylic acids is 2. The molecule has 1 radical (unpaired) electrons. The Kier molecular flexibility index (Phi) is 11.7. The topological polar surface area (TPSA) is 101 Å². The molecule has 0 aliphatic heterocycles. The Morgan fingerprint density at radius 3 is 2.29 bits per heavy atom. The van der Waals surface area contributed by atoms with Gasteiger partial charge in [0.25, 0.3) is 0 Å². The number of rotatable bonds is 12. The summed E-state index contributed by atoms with van der Waals surface area (Å²) in [6.45, 7) is 6.54. The molecule has 4 aromatic rings. The summed E-state index contributed by atoms with van der Waals surface area (Å²) in [6.07, 6.45) is 5.18. The molecule has 1 fully saturated rings. The van der Waals surface area contributed by atoms with Gasteiger partial charge in [0.2, 0.25) is 0 Å². The van der Waals surface area contributed by atoms with Crippen molar-refractivity contribution in [1.82, 2.24) is 5.32 Å². The van der Waals surface area contributed by atoms with E-state index in [1.165, 1.54) is 18.4 Å². The predicted octanol–water partition coefficient (Wildman–Crippen LogP) is 7.50. The number of nitrogens with one attached hydrogen (secondary N) is 1. The van der Waals surface area contributed by atoms with Gasteiger partial charge < -0.3 is 0 Å². The van der Waals surface area contributed by atoms with Gasteiger partial charge >= 0.3 is 285 Å². The number of carbonyl (C=O) groups is 2. The van der Waals surface area contributed by atoms with E-state index in [0.717, 1.165) is 45.0 Å². The Morgan fingerprint density at radius 2 is 1.65 bits per heavy atom. The summed E-state index contributed by atoms with van der Waals surface area (Å²) in [6, 6.07) is 29.8. The van der Waals surface area contributed by atoms with E-state index in [9.17, 15) is 18.0 Å². The van der Waals surface area contributed by atoms with E-state index in [1.807, 2.05) is 37.3 Å². The molecule has 4 aromatic carbocycles. The number of aryl methyl sites for hydroxylation is 1. The summed E-state index contributed by atoms with van der Waals surface area (Å²) in [5, 5.41) is 3.22. The molecule has 9 heteroatoms. The quantitative estimate of drug-likeness (QED) is 0.116. The van der Waals surface area contributed by atoms with Crippen LogP contribution in [0.1, 0.15) is 84.0 Å². The first kappa shape index (κ1) is 36.1. The molecular weight excluding hydrogens is 705 g/mol. The van der Waals surface area contributed by atoms with E-state index in [1.54, 1.807) is 12.1 Å². The van der Waals surface area contributed by atoms with Gasteiger partial charge in [-0.1, -0.05) is 0 Å². The zero-order valence-corrected chi connectivity index (χ0v) is 31.0. The first-order valence-electron chi connectivity index (χ1n) is 16.3. The van der Waals surface area contributed by atoms with Crippen LogP contribution in [0.5, 0.6) is 0 Å². The number of halogens is 1. The van der Waals surface area contributed by atoms with E-state index in [-0.39, 0.29) is 17.0 Å². The molecule has 1 amide bonds. The van der Waals surface area contributed by atoms with Crippen molar-refractivity contribution in [2.45, 2.75) is 64.7 Å². The van der Waals surface area contributed by atoms with Crippen LogP contribution in [0.2, 0.25) is 5.02 Å². The molecule has 0 aromatic heterocycles. The van der Waals surface area contributed by atoms with Gasteiger partial charge in [-0.05, 0) is 0 Å². The molecule has 0 saturated heterocycles. The second-order valence-corrected chi connectivity index (χ2v) is 18.0. The van der Waals surface area contributed by atoms with Crippen molar-refractivity contribution in [3.63, 3.8) is 0 Å². The van der Waals surface area contributed by atoms with Gasteiger partial charge in [0, 0.05) is 0 Å². The first-order valence-corrected chi connectivity index (χ1v) is 20.2. The molecule has 251 valence electrons. The number of amides is 1. The molecule has 0 spiro atoms. The maximum absolute atomic E-state index is 14.2. The molecule has 48 heavy (non-hydrogen) atoms. The molecular formula is C39H42AsClNO5S. The summed E-state index contributed by atoms with van der Waals surface area (Å²) >= 11 is 5.39. The van der Waals surface area contributed by atoms with Crippen LogP contribution in [0.25, 0.3) is 11.1 Å². The van der Waals surface area contributed by atoms with Crippen LogP contribution in [0.3, 0.4) is 0 Å². The van der Waals surface area contributed by atoms with Crippen molar-refractivity contribution in [3.8, 4) is 11.1 Å². The SMILES string of the molecule is Cc1cc(Cl)ccc1-c1ccc([As]C(=O)[C@H](Cc2ccc(C(=O)NCCS(=O)(=O)O)cc2)c2cccc(C3CCC(C)(C)CC3)c2)cc1. The summed E-state index contributed by atoms with van der Waals surface area (Å²) in [5.41, 5.74) is 7.31. The van der Waals surface area contributed by atoms with E-state index in [0.29, 0.717) is 28.3 Å². The number of benzene rings is 4. The molecule has 0 bridgehead atoms. The van der Waals surface area contributed by atoms with Crippen molar-refractivity contribution in [2.75, 3.05) is 12.3 Å². The second-order valence-electron chi connectivity index (χ2n) is 13.6. The number of hydrogen-bond acceptors (Lipinski definition) is 4. The first-order chi connectivity index (χ1) is 22.8. The summed E-state index contributed by atoms with van der Waals surface area (Å²) in [5.74, 6) is -0.824. The van der Waals surface area contributed by atoms with Crippen LogP contribution in [0.4, 0.5) is 0 Å². The predicted molar refractivity (Wildman–Crippen MR) is 195 cm³/mol. The average molecular weight is 747 g/mol. The maximum atomic E-state index is 14.2. The third kappa shape index (κ3) is 9.92. The Morgan fingerprint density at radius 1 is 0.958 bits per heavy atom. The van der Waals surface area contributed by atoms with Gasteiger partial charge in [-0.2, -0.15) is 8.42 Å². The zero-order valence-electron chi connectivity index (χ0n) is 27.6. The Labute approximate surface area is 296 Å². The fourth-order valence-corrected chi connectivity index (χ4v) is 8.98. The average Bonchev–Trinajstić information content (AvgIpc) is 3.04. The van der Waals surface area contributed by atoms with Gasteiger partial charge in [-0.15, -0.1) is 0 Å². The summed E-state index contributed by atoms with van der Waals surface area (Å²) < 4.78 is 32.2. The van der Waals surface area contributed by atoms with E-state index >= 15 is 0 Å². The van der Waals surface area contributed by atoms with Crippen LogP contribution in [0, 0.1) is 12.3 Å². The standard InChI is InChI=1S/C39H42AsClNO5S/c1-26-23-34(41)15-16-35(26)29-11-13-33(14-12-29)40-37(43)36(32-6-4-5-31(25-32)28-17-19-39(2,3)20-18-28)24-27-7-9-30(10-8-27)38(44)42-21-22-48(45,46)47/h4-16,23,25,28,36H,17-22,24H2,1-3H3,(H,42,44)(H,45,46,47)/t36-/m1/s1. The minimum absolute atomic E-state index is 0.186. The van der Waals surface area contributed by atoms with Crippen LogP contribution in [-0.4, -0.2) is 51.5 Å². The molecule has 6 nitrogen and oxygen atoms in total. The van der Waals surface area contributed by atoms with Crippen LogP contribution in [0.15, 0.2) is 91.0 Å². The van der Waals surface area contributed by atoms with Crippen molar-refractivity contribution < 1.29 is 22.6 Å². The Bertz CT molecular complexity index is 1860. The van der Waals surface area contributed by atoms with Crippen LogP contribution < -0.4 is 9.67 Å². The van der Waals surface area contributed by atoms with Crippen molar-refractivity contribution in [3.05, 3.63) is 124 Å². The molecule has 2 N–H and O–H groups in total. The molecule has 0 heterocycles. The molecule has 1 atom stereocenters. The molecule has 1 aliphatic carbocycles. The van der Waals surface area contributed by atoms with Gasteiger partial charge in [0.1, 0.15) is 0 Å². The Balaban J connectivity index is 1.36. The third-order valence-electron chi connectivity index (χ3n) is 9.33. The van der Waals surface area contributed by atoms with Crippen LogP contribution >= 0.6 is 11.6 Å². The van der Waals surface area contributed by atoms with Gasteiger partial charge in [0.05, 0.1) is 0 Å². The van der Waals surface area contributed by atoms with Gasteiger partial charge in [-0.25, -0.2) is 0 Å². The normalized spacial score (nSPS) is 15.8. The summed E-state index contributed by atoms with van der Waals surface area (Å²) in [4.78, 5) is 26.7. The monoisotopic (exact) mass is 746 g/mol. The second kappa shape index (κ2) is 15.5. The fraction of sp³-hybridized carbons (Fsp3) is 0.333. The molecule has 0 unspecified atom stereocenters. The van der Waals surface area contributed by atoms with Crippen LogP contribution in [-0.2, 0) is 21.3 Å². The molecule has 1 aliphatic rings. The minimum atomic E-state index is -4.16. The fourth-order valence-electron chi connectivity index (χ4n) is 6.41. The van der Waals surface area contributed by atoms with E-state index in [4.69, 9.17) is 16.2 Å². The van der Waals surface area contributed by atoms with E-state index in [2.05, 4.69) is 67.7 Å². The molecule has 5 rings (SSSR count). The van der Waals surface area contributed by atoms with E-state index < -0.39 is 37.5 Å². The van der Waals surface area contributed by atoms with Gasteiger partial charge in [0.15, 0.2) is 0 Å². The van der Waals surface area contributed by atoms with Gasteiger partial charge in [-0.3, -0.25) is 4.55 Å². The zero-order chi connectivity index (χ0) is 34.5.